The van der Waals surface area contributed by atoms with Crippen molar-refractivity contribution in [2.75, 3.05) is 31.9 Å². The van der Waals surface area contributed by atoms with Gasteiger partial charge in [0.1, 0.15) is 11.4 Å². The monoisotopic (exact) mass is 321 g/mol. The molecule has 0 radical (unpaired) electrons. The van der Waals surface area contributed by atoms with E-state index in [0.717, 1.165) is 30.6 Å². The number of amides is 1. The Morgan fingerprint density at radius 1 is 1.30 bits per heavy atom. The highest BCUT2D eigenvalue weighted by atomic mass is 19.1. The van der Waals surface area contributed by atoms with Crippen molar-refractivity contribution in [3.8, 4) is 0 Å². The lowest BCUT2D eigenvalue weighted by Crippen LogP contribution is -2.53. The Morgan fingerprint density at radius 3 is 2.74 bits per heavy atom. The molecule has 1 saturated heterocycles. The lowest BCUT2D eigenvalue weighted by molar-refractivity contribution is 0.00191. The van der Waals surface area contributed by atoms with Gasteiger partial charge in [-0.25, -0.2) is 9.18 Å². The molecule has 0 bridgehead atoms. The minimum atomic E-state index is -0.515. The van der Waals surface area contributed by atoms with E-state index >= 15 is 0 Å². The topological polar surface area (TPSA) is 58.8 Å². The molecule has 3 rings (SSSR count). The average Bonchev–Trinajstić information content (AvgIpc) is 2.46. The summed E-state index contributed by atoms with van der Waals surface area (Å²) < 4.78 is 19.4. The van der Waals surface area contributed by atoms with Crippen molar-refractivity contribution in [2.24, 2.45) is 0 Å². The Kier molecular flexibility index (Phi) is 3.96. The van der Waals surface area contributed by atoms with E-state index in [0.29, 0.717) is 13.1 Å². The average molecular weight is 321 g/mol. The number of rotatable bonds is 0. The van der Waals surface area contributed by atoms with E-state index in [-0.39, 0.29) is 23.6 Å². The van der Waals surface area contributed by atoms with Crippen molar-refractivity contribution in [3.63, 3.8) is 0 Å². The Morgan fingerprint density at radius 2 is 2.04 bits per heavy atom. The third kappa shape index (κ3) is 3.27. The maximum atomic E-state index is 13.9. The first kappa shape index (κ1) is 16.1. The summed E-state index contributed by atoms with van der Waals surface area (Å²) in [5, 5.41) is 0. The Bertz CT molecular complexity index is 627. The smallest absolute Gasteiger partial charge is 0.410 e. The van der Waals surface area contributed by atoms with Gasteiger partial charge < -0.3 is 15.4 Å². The zero-order valence-electron chi connectivity index (χ0n) is 13.9. The van der Waals surface area contributed by atoms with Gasteiger partial charge in [-0.05, 0) is 50.5 Å². The van der Waals surface area contributed by atoms with Gasteiger partial charge in [0.05, 0.1) is 11.7 Å². The molecule has 126 valence electrons. The van der Waals surface area contributed by atoms with Gasteiger partial charge in [-0.2, -0.15) is 0 Å². The highest BCUT2D eigenvalue weighted by molar-refractivity contribution is 5.68. The van der Waals surface area contributed by atoms with Crippen molar-refractivity contribution in [3.05, 3.63) is 29.1 Å². The number of ether oxygens (including phenoxy) is 1. The molecule has 0 unspecified atom stereocenters. The van der Waals surface area contributed by atoms with Crippen molar-refractivity contribution < 1.29 is 13.9 Å². The summed E-state index contributed by atoms with van der Waals surface area (Å²) in [5.74, 6) is -0.389. The number of anilines is 1. The van der Waals surface area contributed by atoms with Crippen LogP contribution < -0.4 is 5.73 Å². The number of nitrogens with zero attached hydrogens (tertiary/aromatic N) is 2. The molecular weight excluding hydrogens is 297 g/mol. The van der Waals surface area contributed by atoms with Gasteiger partial charge in [-0.1, -0.05) is 0 Å². The number of nitrogen functional groups attached to an aromatic ring is 1. The molecule has 1 amide bonds. The number of piperazine rings is 1. The third-order valence-corrected chi connectivity index (χ3v) is 4.43. The molecule has 1 fully saturated rings. The molecule has 5 nitrogen and oxygen atoms in total. The van der Waals surface area contributed by atoms with E-state index in [4.69, 9.17) is 10.5 Å². The highest BCUT2D eigenvalue weighted by Gasteiger charge is 2.36. The maximum absolute atomic E-state index is 13.9. The standard InChI is InChI=1S/C17H24FN3O2/c1-17(2,3)23-16(22)21-7-6-20-5-4-11-8-14(19)13(18)9-12(11)15(20)10-21/h8-9,15H,4-7,10,19H2,1-3H3/t15-/m0/s1. The normalized spacial score (nSPS) is 21.6. The van der Waals surface area contributed by atoms with Crippen LogP contribution >= 0.6 is 0 Å². The number of benzene rings is 1. The fourth-order valence-corrected chi connectivity index (χ4v) is 3.32. The number of hydrogen-bond donors (Lipinski definition) is 1. The molecule has 1 atom stereocenters. The second-order valence-corrected chi connectivity index (χ2v) is 7.30. The van der Waals surface area contributed by atoms with E-state index in [1.54, 1.807) is 11.0 Å². The molecule has 0 aliphatic carbocycles. The van der Waals surface area contributed by atoms with E-state index in [1.165, 1.54) is 6.07 Å². The minimum Gasteiger partial charge on any atom is -0.444 e. The van der Waals surface area contributed by atoms with Gasteiger partial charge >= 0.3 is 6.09 Å². The van der Waals surface area contributed by atoms with E-state index in [2.05, 4.69) is 4.90 Å². The summed E-state index contributed by atoms with van der Waals surface area (Å²) >= 11 is 0. The van der Waals surface area contributed by atoms with E-state index in [1.807, 2.05) is 20.8 Å². The number of carbonyl (C=O) groups excluding carboxylic acids is 1. The van der Waals surface area contributed by atoms with E-state index < -0.39 is 5.60 Å². The van der Waals surface area contributed by atoms with Crippen LogP contribution in [0.5, 0.6) is 0 Å². The summed E-state index contributed by atoms with van der Waals surface area (Å²) in [4.78, 5) is 16.3. The van der Waals surface area contributed by atoms with Gasteiger partial charge in [0.15, 0.2) is 0 Å². The molecule has 6 heteroatoms. The van der Waals surface area contributed by atoms with E-state index in [9.17, 15) is 9.18 Å². The molecule has 0 saturated carbocycles. The largest absolute Gasteiger partial charge is 0.444 e. The molecule has 0 spiro atoms. The summed E-state index contributed by atoms with van der Waals surface area (Å²) in [6, 6.07) is 3.27. The molecule has 1 aromatic rings. The Hall–Kier alpha value is -1.82. The molecule has 2 N–H and O–H groups in total. The van der Waals surface area contributed by atoms with Crippen molar-refractivity contribution >= 4 is 11.8 Å². The van der Waals surface area contributed by atoms with Crippen LogP contribution in [0.1, 0.15) is 37.9 Å². The van der Waals surface area contributed by atoms with Crippen LogP contribution in [-0.2, 0) is 11.2 Å². The lowest BCUT2D eigenvalue weighted by Gasteiger charge is -2.44. The van der Waals surface area contributed by atoms with Gasteiger partial charge in [0.25, 0.3) is 0 Å². The Balaban J connectivity index is 1.82. The summed E-state index contributed by atoms with van der Waals surface area (Å²) in [6.45, 7) is 8.41. The molecule has 1 aromatic carbocycles. The first-order chi connectivity index (χ1) is 10.7. The number of nitrogens with two attached hydrogens (primary N) is 1. The van der Waals surface area contributed by atoms with Crippen LogP contribution in [-0.4, -0.2) is 47.7 Å². The second-order valence-electron chi connectivity index (χ2n) is 7.30. The number of carbonyl (C=O) groups is 1. The van der Waals surface area contributed by atoms with Crippen molar-refractivity contribution in [1.29, 1.82) is 0 Å². The summed E-state index contributed by atoms with van der Waals surface area (Å²) in [5.41, 5.74) is 7.38. The maximum Gasteiger partial charge on any atom is 0.410 e. The van der Waals surface area contributed by atoms with Crippen LogP contribution in [0, 0.1) is 5.82 Å². The van der Waals surface area contributed by atoms with Gasteiger partial charge in [-0.15, -0.1) is 0 Å². The number of halogens is 1. The van der Waals surface area contributed by atoms with Gasteiger partial charge in [0, 0.05) is 26.2 Å². The first-order valence-corrected chi connectivity index (χ1v) is 8.04. The fourth-order valence-electron chi connectivity index (χ4n) is 3.32. The molecule has 0 aromatic heterocycles. The molecular formula is C17H24FN3O2. The predicted octanol–water partition coefficient (Wildman–Crippen LogP) is 2.56. The molecule has 2 aliphatic rings. The quantitative estimate of drug-likeness (QED) is 0.746. The number of fused-ring (bicyclic) bond motifs is 3. The SMILES string of the molecule is CC(C)(C)OC(=O)N1CCN2CCc3cc(N)c(F)cc3[C@@H]2C1. The highest BCUT2D eigenvalue weighted by Crippen LogP contribution is 2.34. The summed E-state index contributed by atoms with van der Waals surface area (Å²) in [6.07, 6.45) is 0.558. The molecule has 2 heterocycles. The van der Waals surface area contributed by atoms with Crippen LogP contribution in [0.3, 0.4) is 0 Å². The summed E-state index contributed by atoms with van der Waals surface area (Å²) in [7, 11) is 0. The van der Waals surface area contributed by atoms with Crippen LogP contribution in [0.2, 0.25) is 0 Å². The zero-order valence-corrected chi connectivity index (χ0v) is 13.9. The first-order valence-electron chi connectivity index (χ1n) is 8.04. The van der Waals surface area contributed by atoms with Gasteiger partial charge in [0.2, 0.25) is 0 Å². The Labute approximate surface area is 136 Å². The van der Waals surface area contributed by atoms with Crippen LogP contribution in [0.4, 0.5) is 14.9 Å². The van der Waals surface area contributed by atoms with Crippen molar-refractivity contribution in [1.82, 2.24) is 9.80 Å². The van der Waals surface area contributed by atoms with Crippen molar-refractivity contribution in [2.45, 2.75) is 38.8 Å². The second kappa shape index (κ2) is 5.67. The molecule has 2 aliphatic heterocycles. The third-order valence-electron chi connectivity index (χ3n) is 4.43. The fraction of sp³-hybridized carbons (Fsp3) is 0.588. The lowest BCUT2D eigenvalue weighted by atomic mass is 9.90. The van der Waals surface area contributed by atoms with Crippen LogP contribution in [0.25, 0.3) is 0 Å². The minimum absolute atomic E-state index is 0.00937. The van der Waals surface area contributed by atoms with Crippen LogP contribution in [0.15, 0.2) is 12.1 Å². The molecule has 23 heavy (non-hydrogen) atoms. The number of hydrogen-bond acceptors (Lipinski definition) is 4. The van der Waals surface area contributed by atoms with Gasteiger partial charge in [-0.3, -0.25) is 4.90 Å². The predicted molar refractivity (Wildman–Crippen MR) is 86.6 cm³/mol. The zero-order chi connectivity index (χ0) is 16.8.